The summed E-state index contributed by atoms with van der Waals surface area (Å²) in [5, 5.41) is 12.1. The Kier molecular flexibility index (Phi) is 4.66. The summed E-state index contributed by atoms with van der Waals surface area (Å²) >= 11 is 6.19. The number of aryl methyl sites for hydroxylation is 2. The lowest BCUT2D eigenvalue weighted by atomic mass is 10.2. The van der Waals surface area contributed by atoms with Crippen LogP contribution in [0.3, 0.4) is 0 Å². The number of hydrogen-bond acceptors (Lipinski definition) is 3. The van der Waals surface area contributed by atoms with Gasteiger partial charge in [-0.25, -0.2) is 0 Å². The molecule has 3 rings (SSSR count). The van der Waals surface area contributed by atoms with E-state index in [0.717, 1.165) is 17.8 Å². The molecule has 1 N–H and O–H groups in total. The molecular weight excluding hydrogens is 326 g/mol. The predicted molar refractivity (Wildman–Crippen MR) is 93.4 cm³/mol. The van der Waals surface area contributed by atoms with E-state index < -0.39 is 0 Å². The Morgan fingerprint density at radius 3 is 2.75 bits per heavy atom. The van der Waals surface area contributed by atoms with Crippen LogP contribution in [-0.2, 0) is 13.1 Å². The summed E-state index contributed by atoms with van der Waals surface area (Å²) in [4.78, 5) is 12.2. The van der Waals surface area contributed by atoms with Crippen LogP contribution in [-0.4, -0.2) is 25.5 Å². The molecule has 0 aliphatic heterocycles. The van der Waals surface area contributed by atoms with Crippen LogP contribution in [0.15, 0.2) is 42.6 Å². The number of nitrogens with one attached hydrogen (secondary N) is 1. The van der Waals surface area contributed by atoms with Gasteiger partial charge in [0.25, 0.3) is 5.91 Å². The maximum Gasteiger partial charge on any atom is 0.277 e. The second-order valence-corrected chi connectivity index (χ2v) is 5.84. The standard InChI is InChI=1S/C17H18ClN5O/c1-3-22-9-8-15(20-22)17(24)19-16-10-12(2)23(21-16)11-13-6-4-5-7-14(13)18/h4-10H,3,11H2,1-2H3,(H,19,21,24). The number of carbonyl (C=O) groups excluding carboxylic acids is 1. The number of aromatic nitrogens is 4. The predicted octanol–water partition coefficient (Wildman–Crippen LogP) is 3.36. The molecular formula is C17H18ClN5O. The number of nitrogens with zero attached hydrogens (tertiary/aromatic N) is 4. The molecule has 0 aliphatic carbocycles. The molecule has 6 nitrogen and oxygen atoms in total. The quantitative estimate of drug-likeness (QED) is 0.772. The molecule has 0 bridgehead atoms. The molecule has 2 aromatic heterocycles. The van der Waals surface area contributed by atoms with Crippen LogP contribution in [0.1, 0.15) is 28.7 Å². The topological polar surface area (TPSA) is 64.7 Å². The largest absolute Gasteiger partial charge is 0.304 e. The molecule has 0 unspecified atom stereocenters. The van der Waals surface area contributed by atoms with Crippen molar-refractivity contribution >= 4 is 23.3 Å². The van der Waals surface area contributed by atoms with Crippen LogP contribution in [0, 0.1) is 6.92 Å². The third-order valence-electron chi connectivity index (χ3n) is 3.70. The molecule has 2 heterocycles. The third-order valence-corrected chi connectivity index (χ3v) is 4.07. The van der Waals surface area contributed by atoms with Gasteiger partial charge in [0.05, 0.1) is 6.54 Å². The summed E-state index contributed by atoms with van der Waals surface area (Å²) in [6, 6.07) is 11.1. The summed E-state index contributed by atoms with van der Waals surface area (Å²) in [6.07, 6.45) is 1.77. The van der Waals surface area contributed by atoms with Crippen molar-refractivity contribution < 1.29 is 4.79 Å². The minimum absolute atomic E-state index is 0.274. The molecule has 0 radical (unpaired) electrons. The maximum absolute atomic E-state index is 12.2. The Morgan fingerprint density at radius 2 is 2.04 bits per heavy atom. The Balaban J connectivity index is 1.74. The van der Waals surface area contributed by atoms with E-state index in [-0.39, 0.29) is 5.91 Å². The highest BCUT2D eigenvalue weighted by atomic mass is 35.5. The summed E-state index contributed by atoms with van der Waals surface area (Å²) < 4.78 is 3.51. The number of anilines is 1. The van der Waals surface area contributed by atoms with E-state index in [1.165, 1.54) is 0 Å². The fourth-order valence-electron chi connectivity index (χ4n) is 2.36. The van der Waals surface area contributed by atoms with E-state index in [9.17, 15) is 4.79 Å². The SMILES string of the molecule is CCn1ccc(C(=O)Nc2cc(C)n(Cc3ccccc3Cl)n2)n1. The Bertz CT molecular complexity index is 868. The van der Waals surface area contributed by atoms with Gasteiger partial charge < -0.3 is 5.32 Å². The van der Waals surface area contributed by atoms with E-state index in [1.54, 1.807) is 16.9 Å². The maximum atomic E-state index is 12.2. The van der Waals surface area contributed by atoms with Gasteiger partial charge in [0.15, 0.2) is 11.5 Å². The van der Waals surface area contributed by atoms with Gasteiger partial charge in [-0.1, -0.05) is 29.8 Å². The minimum Gasteiger partial charge on any atom is -0.304 e. The van der Waals surface area contributed by atoms with Crippen LogP contribution in [0.25, 0.3) is 0 Å². The van der Waals surface area contributed by atoms with Gasteiger partial charge in [-0.2, -0.15) is 10.2 Å². The van der Waals surface area contributed by atoms with Gasteiger partial charge in [-0.15, -0.1) is 0 Å². The number of hydrogen-bond donors (Lipinski definition) is 1. The lowest BCUT2D eigenvalue weighted by Gasteiger charge is -2.06. The number of benzene rings is 1. The zero-order valence-corrected chi connectivity index (χ0v) is 14.3. The van der Waals surface area contributed by atoms with Crippen molar-refractivity contribution in [3.63, 3.8) is 0 Å². The molecule has 3 aromatic rings. The van der Waals surface area contributed by atoms with Gasteiger partial charge >= 0.3 is 0 Å². The van der Waals surface area contributed by atoms with E-state index in [4.69, 9.17) is 11.6 Å². The molecule has 1 amide bonds. The van der Waals surface area contributed by atoms with Crippen LogP contribution in [0.2, 0.25) is 5.02 Å². The van der Waals surface area contributed by atoms with Crippen LogP contribution in [0.4, 0.5) is 5.82 Å². The zero-order valence-electron chi connectivity index (χ0n) is 13.5. The van der Waals surface area contributed by atoms with Crippen molar-refractivity contribution in [1.82, 2.24) is 19.6 Å². The number of carbonyl (C=O) groups is 1. The first-order chi connectivity index (χ1) is 11.6. The summed E-state index contributed by atoms with van der Waals surface area (Å²) in [5.74, 6) is 0.222. The lowest BCUT2D eigenvalue weighted by molar-refractivity contribution is 0.102. The van der Waals surface area contributed by atoms with E-state index >= 15 is 0 Å². The normalized spacial score (nSPS) is 10.8. The highest BCUT2D eigenvalue weighted by molar-refractivity contribution is 6.31. The van der Waals surface area contributed by atoms with Gasteiger partial charge in [0.1, 0.15) is 0 Å². The number of amides is 1. The molecule has 7 heteroatoms. The fourth-order valence-corrected chi connectivity index (χ4v) is 2.55. The van der Waals surface area contributed by atoms with Crippen molar-refractivity contribution in [2.75, 3.05) is 5.32 Å². The van der Waals surface area contributed by atoms with Gasteiger partial charge in [0, 0.05) is 29.5 Å². The smallest absolute Gasteiger partial charge is 0.277 e. The van der Waals surface area contributed by atoms with Crippen molar-refractivity contribution in [3.05, 3.63) is 64.6 Å². The Hall–Kier alpha value is -2.60. The lowest BCUT2D eigenvalue weighted by Crippen LogP contribution is -2.14. The van der Waals surface area contributed by atoms with Crippen LogP contribution >= 0.6 is 11.6 Å². The van der Waals surface area contributed by atoms with Gasteiger partial charge in [-0.3, -0.25) is 14.2 Å². The third kappa shape index (κ3) is 3.49. The van der Waals surface area contributed by atoms with Gasteiger partial charge in [-0.05, 0) is 31.5 Å². The number of rotatable bonds is 5. The Labute approximate surface area is 145 Å². The second kappa shape index (κ2) is 6.88. The molecule has 0 spiro atoms. The molecule has 124 valence electrons. The van der Waals surface area contributed by atoms with E-state index in [1.807, 2.05) is 48.9 Å². The van der Waals surface area contributed by atoms with Crippen LogP contribution < -0.4 is 5.32 Å². The zero-order chi connectivity index (χ0) is 17.1. The van der Waals surface area contributed by atoms with Crippen molar-refractivity contribution in [1.29, 1.82) is 0 Å². The number of halogens is 1. The van der Waals surface area contributed by atoms with Gasteiger partial charge in [0.2, 0.25) is 0 Å². The average molecular weight is 344 g/mol. The first kappa shape index (κ1) is 16.3. The average Bonchev–Trinajstić information content (AvgIpc) is 3.17. The molecule has 1 aromatic carbocycles. The molecule has 0 aliphatic rings. The summed E-state index contributed by atoms with van der Waals surface area (Å²) in [7, 11) is 0. The highest BCUT2D eigenvalue weighted by Crippen LogP contribution is 2.18. The molecule has 24 heavy (non-hydrogen) atoms. The first-order valence-electron chi connectivity index (χ1n) is 7.69. The minimum atomic E-state index is -0.274. The first-order valence-corrected chi connectivity index (χ1v) is 8.07. The second-order valence-electron chi connectivity index (χ2n) is 5.43. The molecule has 0 fully saturated rings. The van der Waals surface area contributed by atoms with E-state index in [0.29, 0.717) is 23.1 Å². The molecule has 0 saturated carbocycles. The fraction of sp³-hybridized carbons (Fsp3) is 0.235. The van der Waals surface area contributed by atoms with E-state index in [2.05, 4.69) is 15.5 Å². The van der Waals surface area contributed by atoms with Crippen molar-refractivity contribution in [3.8, 4) is 0 Å². The Morgan fingerprint density at radius 1 is 1.25 bits per heavy atom. The molecule has 0 atom stereocenters. The monoisotopic (exact) mass is 343 g/mol. The highest BCUT2D eigenvalue weighted by Gasteiger charge is 2.13. The molecule has 0 saturated heterocycles. The van der Waals surface area contributed by atoms with Crippen LogP contribution in [0.5, 0.6) is 0 Å². The summed E-state index contributed by atoms with van der Waals surface area (Å²) in [6.45, 7) is 5.17. The van der Waals surface area contributed by atoms with Crippen molar-refractivity contribution in [2.45, 2.75) is 26.9 Å². The summed E-state index contributed by atoms with van der Waals surface area (Å²) in [5.41, 5.74) is 2.28. The van der Waals surface area contributed by atoms with Crippen molar-refractivity contribution in [2.24, 2.45) is 0 Å².